The Morgan fingerprint density at radius 3 is 2.69 bits per heavy atom. The van der Waals surface area contributed by atoms with Crippen LogP contribution in [-0.2, 0) is 4.74 Å². The van der Waals surface area contributed by atoms with Crippen molar-refractivity contribution < 1.29 is 13.5 Å². The topological polar surface area (TPSA) is 119 Å². The van der Waals surface area contributed by atoms with Crippen LogP contribution in [0.3, 0.4) is 0 Å². The molecule has 2 atom stereocenters. The van der Waals surface area contributed by atoms with E-state index in [4.69, 9.17) is 9.72 Å². The zero-order valence-corrected chi connectivity index (χ0v) is 21.1. The number of aromatic nitrogens is 7. The van der Waals surface area contributed by atoms with Crippen LogP contribution in [0.1, 0.15) is 35.2 Å². The lowest BCUT2D eigenvalue weighted by molar-refractivity contribution is 0.0579. The molecule has 0 aliphatic carbocycles. The summed E-state index contributed by atoms with van der Waals surface area (Å²) in [5.74, 6) is 0.751. The number of nitriles is 1. The average Bonchev–Trinajstić information content (AvgIpc) is 3.68. The van der Waals surface area contributed by atoms with Gasteiger partial charge in [0.05, 0.1) is 29.4 Å². The van der Waals surface area contributed by atoms with Crippen LogP contribution in [0.5, 0.6) is 0 Å². The van der Waals surface area contributed by atoms with Crippen molar-refractivity contribution in [3.8, 4) is 17.7 Å². The fourth-order valence-corrected chi connectivity index (χ4v) is 4.68. The Hall–Kier alpha value is -4.76. The van der Waals surface area contributed by atoms with E-state index in [2.05, 4.69) is 25.6 Å². The predicted molar refractivity (Wildman–Crippen MR) is 138 cm³/mol. The fourth-order valence-electron chi connectivity index (χ4n) is 4.68. The number of hydrogen-bond acceptors (Lipinski definition) is 8. The van der Waals surface area contributed by atoms with Gasteiger partial charge in [-0.1, -0.05) is 0 Å². The second-order valence-corrected chi connectivity index (χ2v) is 9.43. The van der Waals surface area contributed by atoms with Gasteiger partial charge in [-0.25, -0.2) is 23.4 Å². The second-order valence-electron chi connectivity index (χ2n) is 9.43. The summed E-state index contributed by atoms with van der Waals surface area (Å²) in [7, 11) is 0. The molecule has 0 saturated carbocycles. The average molecular weight is 528 g/mol. The third-order valence-corrected chi connectivity index (χ3v) is 6.69. The first-order valence-corrected chi connectivity index (χ1v) is 12.3. The van der Waals surface area contributed by atoms with E-state index >= 15 is 0 Å². The molecule has 1 aliphatic rings. The van der Waals surface area contributed by atoms with Crippen molar-refractivity contribution in [3.05, 3.63) is 77.5 Å². The number of imidazole rings is 1. The summed E-state index contributed by atoms with van der Waals surface area (Å²) in [6.45, 7) is 3.66. The van der Waals surface area contributed by atoms with Crippen molar-refractivity contribution >= 4 is 22.5 Å². The van der Waals surface area contributed by atoms with Gasteiger partial charge in [-0.3, -0.25) is 4.57 Å². The van der Waals surface area contributed by atoms with Gasteiger partial charge in [0.25, 0.3) is 0 Å². The summed E-state index contributed by atoms with van der Waals surface area (Å²) in [6, 6.07) is 16.8. The summed E-state index contributed by atoms with van der Waals surface area (Å²) in [5.41, 5.74) is 4.72. The lowest BCUT2D eigenvalue weighted by Gasteiger charge is -2.17. The van der Waals surface area contributed by atoms with Crippen molar-refractivity contribution in [2.24, 2.45) is 5.92 Å². The molecule has 1 fully saturated rings. The Kier molecular flexibility index (Phi) is 6.20. The molecule has 1 N–H and O–H groups in total. The molecule has 4 aromatic heterocycles. The van der Waals surface area contributed by atoms with E-state index in [0.717, 1.165) is 22.4 Å². The molecular weight excluding hydrogens is 504 g/mol. The lowest BCUT2D eigenvalue weighted by atomic mass is 10.0. The predicted octanol–water partition coefficient (Wildman–Crippen LogP) is 4.97. The Labute approximate surface area is 221 Å². The zero-order valence-electron chi connectivity index (χ0n) is 21.1. The van der Waals surface area contributed by atoms with Crippen molar-refractivity contribution in [2.45, 2.75) is 32.8 Å². The molecule has 0 spiro atoms. The number of rotatable bonds is 6. The smallest absolute Gasteiger partial charge is 0.243 e. The molecule has 10 nitrogen and oxygen atoms in total. The first kappa shape index (κ1) is 24.6. The van der Waals surface area contributed by atoms with Crippen molar-refractivity contribution in [2.75, 3.05) is 11.9 Å². The third kappa shape index (κ3) is 4.68. The van der Waals surface area contributed by atoms with Crippen molar-refractivity contribution in [1.82, 2.24) is 34.5 Å². The van der Waals surface area contributed by atoms with Crippen LogP contribution in [0, 0.1) is 31.1 Å². The molecule has 1 aliphatic heterocycles. The molecule has 0 unspecified atom stereocenters. The Balaban J connectivity index is 1.38. The van der Waals surface area contributed by atoms with E-state index in [0.29, 0.717) is 28.7 Å². The number of fused-ring (bicyclic) bond motifs is 1. The van der Waals surface area contributed by atoms with E-state index in [1.807, 2.05) is 60.9 Å². The number of pyridine rings is 1. The van der Waals surface area contributed by atoms with Gasteiger partial charge < -0.3 is 10.1 Å². The minimum absolute atomic E-state index is 0.0260. The van der Waals surface area contributed by atoms with E-state index in [9.17, 15) is 14.0 Å². The van der Waals surface area contributed by atoms with Gasteiger partial charge in [-0.2, -0.15) is 15.5 Å². The summed E-state index contributed by atoms with van der Waals surface area (Å²) >= 11 is 0. The van der Waals surface area contributed by atoms with E-state index < -0.39 is 18.4 Å². The molecular formula is C27H23F2N9O. The SMILES string of the molecule is Cc1ccc(Nc2ccc3c(c2)ncn3-c2ccc([C@@H]3C[C@@H](C(F)F)CO3)c(-n3nc(C#N)cc3C)n2)nn1. The number of halogens is 2. The van der Waals surface area contributed by atoms with Crippen LogP contribution in [-0.4, -0.2) is 47.5 Å². The minimum Gasteiger partial charge on any atom is -0.373 e. The highest BCUT2D eigenvalue weighted by atomic mass is 19.3. The number of benzene rings is 1. The summed E-state index contributed by atoms with van der Waals surface area (Å²) < 4.78 is 35.9. The molecule has 6 rings (SSSR count). The summed E-state index contributed by atoms with van der Waals surface area (Å²) in [6.07, 6.45) is -1.18. The molecule has 5 aromatic rings. The fraction of sp³-hybridized carbons (Fsp3) is 0.259. The van der Waals surface area contributed by atoms with Gasteiger partial charge in [0.2, 0.25) is 6.43 Å². The Morgan fingerprint density at radius 2 is 1.97 bits per heavy atom. The number of nitrogens with one attached hydrogen (secondary N) is 1. The molecule has 0 bridgehead atoms. The van der Waals surface area contributed by atoms with Gasteiger partial charge in [-0.05, 0) is 68.8 Å². The molecule has 5 heterocycles. The second kappa shape index (κ2) is 9.85. The number of anilines is 2. The number of nitrogens with zero attached hydrogens (tertiary/aromatic N) is 8. The molecule has 1 saturated heterocycles. The van der Waals surface area contributed by atoms with Crippen LogP contribution >= 0.6 is 0 Å². The highest BCUT2D eigenvalue weighted by Gasteiger charge is 2.35. The number of hydrogen-bond donors (Lipinski definition) is 1. The third-order valence-electron chi connectivity index (χ3n) is 6.69. The van der Waals surface area contributed by atoms with E-state index in [-0.39, 0.29) is 18.7 Å². The van der Waals surface area contributed by atoms with Gasteiger partial charge in [0, 0.05) is 22.9 Å². The Bertz CT molecular complexity index is 1710. The van der Waals surface area contributed by atoms with Crippen LogP contribution in [0.4, 0.5) is 20.3 Å². The van der Waals surface area contributed by atoms with Crippen LogP contribution < -0.4 is 5.32 Å². The van der Waals surface area contributed by atoms with Crippen LogP contribution in [0.25, 0.3) is 22.7 Å². The number of alkyl halides is 2. The van der Waals surface area contributed by atoms with Gasteiger partial charge in [0.15, 0.2) is 17.3 Å². The quantitative estimate of drug-likeness (QED) is 0.329. The molecule has 12 heteroatoms. The molecule has 1 aromatic carbocycles. The normalized spacial score (nSPS) is 17.1. The Morgan fingerprint density at radius 1 is 1.10 bits per heavy atom. The summed E-state index contributed by atoms with van der Waals surface area (Å²) in [5, 5.41) is 25.2. The van der Waals surface area contributed by atoms with E-state index in [1.165, 1.54) is 0 Å². The highest BCUT2D eigenvalue weighted by molar-refractivity contribution is 5.82. The molecule has 39 heavy (non-hydrogen) atoms. The molecule has 0 amide bonds. The van der Waals surface area contributed by atoms with Crippen molar-refractivity contribution in [1.29, 1.82) is 5.26 Å². The van der Waals surface area contributed by atoms with Crippen LogP contribution in [0.15, 0.2) is 54.9 Å². The van der Waals surface area contributed by atoms with Gasteiger partial charge >= 0.3 is 0 Å². The largest absolute Gasteiger partial charge is 0.373 e. The minimum atomic E-state index is -2.46. The maximum atomic E-state index is 13.4. The first-order chi connectivity index (χ1) is 18.9. The highest BCUT2D eigenvalue weighted by Crippen LogP contribution is 2.38. The zero-order chi connectivity index (χ0) is 27.1. The monoisotopic (exact) mass is 527 g/mol. The van der Waals surface area contributed by atoms with Crippen LogP contribution in [0.2, 0.25) is 0 Å². The first-order valence-electron chi connectivity index (χ1n) is 12.3. The molecule has 0 radical (unpaired) electrons. The van der Waals surface area contributed by atoms with Crippen molar-refractivity contribution in [3.63, 3.8) is 0 Å². The number of ether oxygens (including phenoxy) is 1. The standard InChI is InChI=1S/C27H23F2N9O/c1-15-3-7-24(35-34-15)32-18-4-6-22-21(11-18)31-14-37(22)25-8-5-20(23-10-17(13-39-23)26(28)29)27(33-25)38-16(2)9-19(12-30)36-38/h3-9,11,14,17,23,26H,10,13H2,1-2H3,(H,32,35)/t17-,23+/m1/s1. The maximum Gasteiger partial charge on any atom is 0.243 e. The summed E-state index contributed by atoms with van der Waals surface area (Å²) in [4.78, 5) is 9.42. The lowest BCUT2D eigenvalue weighted by Crippen LogP contribution is -2.12. The molecule has 196 valence electrons. The van der Waals surface area contributed by atoms with Gasteiger partial charge in [-0.15, -0.1) is 5.10 Å². The van der Waals surface area contributed by atoms with E-state index in [1.54, 1.807) is 23.1 Å². The number of aryl methyl sites for hydroxylation is 2. The van der Waals surface area contributed by atoms with Gasteiger partial charge in [0.1, 0.15) is 18.2 Å². The maximum absolute atomic E-state index is 13.4.